The summed E-state index contributed by atoms with van der Waals surface area (Å²) in [6.07, 6.45) is 0. The van der Waals surface area contributed by atoms with Gasteiger partial charge in [0.05, 0.1) is 0 Å². The van der Waals surface area contributed by atoms with Gasteiger partial charge in [-0.15, -0.1) is 0 Å². The van der Waals surface area contributed by atoms with E-state index >= 15 is 0 Å². The summed E-state index contributed by atoms with van der Waals surface area (Å²) in [5, 5.41) is 9.26. The van der Waals surface area contributed by atoms with Crippen molar-refractivity contribution in [1.82, 2.24) is 0 Å². The van der Waals surface area contributed by atoms with Crippen molar-refractivity contribution in [3.8, 4) is 33.4 Å². The van der Waals surface area contributed by atoms with Gasteiger partial charge in [-0.1, -0.05) is 140 Å². The van der Waals surface area contributed by atoms with E-state index in [4.69, 9.17) is 8.83 Å². The van der Waals surface area contributed by atoms with Crippen LogP contribution in [0.25, 0.3) is 98.8 Å². The molecule has 0 aliphatic carbocycles. The van der Waals surface area contributed by atoms with Gasteiger partial charge in [0.15, 0.2) is 0 Å². The summed E-state index contributed by atoms with van der Waals surface area (Å²) >= 11 is 0. The lowest BCUT2D eigenvalue weighted by Gasteiger charge is -2.18. The monoisotopic (exact) mass is 586 g/mol. The molecule has 2 nitrogen and oxygen atoms in total. The van der Waals surface area contributed by atoms with E-state index in [1.807, 2.05) is 24.3 Å². The third-order valence-corrected chi connectivity index (χ3v) is 9.48. The van der Waals surface area contributed by atoms with Crippen molar-refractivity contribution in [3.63, 3.8) is 0 Å². The molecule has 0 radical (unpaired) electrons. The molecule has 0 aliphatic rings. The smallest absolute Gasteiger partial charge is 0.143 e. The molecule has 0 saturated carbocycles. The van der Waals surface area contributed by atoms with E-state index in [1.54, 1.807) is 0 Å². The highest BCUT2D eigenvalue weighted by Crippen LogP contribution is 2.48. The molecule has 10 rings (SSSR count). The predicted octanol–water partition coefficient (Wildman–Crippen LogP) is 12.8. The van der Waals surface area contributed by atoms with Gasteiger partial charge in [-0.2, -0.15) is 0 Å². The first kappa shape index (κ1) is 25.2. The van der Waals surface area contributed by atoms with Crippen molar-refractivity contribution in [1.29, 1.82) is 0 Å². The summed E-state index contributed by atoms with van der Waals surface area (Å²) in [6.45, 7) is 0. The van der Waals surface area contributed by atoms with E-state index in [0.717, 1.165) is 49.4 Å². The topological polar surface area (TPSA) is 26.3 Å². The van der Waals surface area contributed by atoms with Gasteiger partial charge in [0.1, 0.15) is 22.3 Å². The second kappa shape index (κ2) is 9.69. The lowest BCUT2D eigenvalue weighted by atomic mass is 9.85. The molecule has 46 heavy (non-hydrogen) atoms. The predicted molar refractivity (Wildman–Crippen MR) is 192 cm³/mol. The van der Waals surface area contributed by atoms with Gasteiger partial charge in [-0.05, 0) is 62.0 Å². The van der Waals surface area contributed by atoms with Gasteiger partial charge in [0.25, 0.3) is 0 Å². The number of rotatable bonds is 3. The maximum atomic E-state index is 6.79. The van der Waals surface area contributed by atoms with E-state index in [-0.39, 0.29) is 0 Å². The Morgan fingerprint density at radius 3 is 1.48 bits per heavy atom. The molecule has 0 saturated heterocycles. The van der Waals surface area contributed by atoms with Gasteiger partial charge in [0, 0.05) is 32.7 Å². The second-order valence-corrected chi connectivity index (χ2v) is 12.0. The SMILES string of the molecule is c1ccc(-c2ccc(-c3c4ccccc4c(-c4cccc5c4oc4ccc6oc7ccccc7c6c45)c4ccccc34)cc2)cc1. The zero-order valence-corrected chi connectivity index (χ0v) is 24.8. The Hall–Kier alpha value is -6.12. The molecule has 2 aromatic heterocycles. The van der Waals surface area contributed by atoms with Crippen molar-refractivity contribution < 1.29 is 8.83 Å². The summed E-state index contributed by atoms with van der Waals surface area (Å²) < 4.78 is 13.0. The van der Waals surface area contributed by atoms with E-state index in [0.29, 0.717) is 0 Å². The fourth-order valence-electron chi connectivity index (χ4n) is 7.49. The summed E-state index contributed by atoms with van der Waals surface area (Å²) in [7, 11) is 0. The number of para-hydroxylation sites is 2. The Kier molecular flexibility index (Phi) is 5.31. The number of hydrogen-bond acceptors (Lipinski definition) is 2. The Labute approximate surface area is 264 Å². The minimum atomic E-state index is 0.866. The van der Waals surface area contributed by atoms with E-state index in [1.165, 1.54) is 49.4 Å². The fraction of sp³-hybridized carbons (Fsp3) is 0. The molecule has 0 N–H and O–H groups in total. The second-order valence-electron chi connectivity index (χ2n) is 12.0. The van der Waals surface area contributed by atoms with Crippen molar-refractivity contribution in [3.05, 3.63) is 158 Å². The molecule has 2 heterocycles. The zero-order valence-electron chi connectivity index (χ0n) is 24.8. The molecule has 0 aliphatic heterocycles. The quantitative estimate of drug-likeness (QED) is 0.193. The molecule has 0 atom stereocenters. The number of hydrogen-bond donors (Lipinski definition) is 0. The van der Waals surface area contributed by atoms with Crippen LogP contribution < -0.4 is 0 Å². The average molecular weight is 587 g/mol. The number of furan rings is 2. The highest BCUT2D eigenvalue weighted by atomic mass is 16.3. The highest BCUT2D eigenvalue weighted by Gasteiger charge is 2.22. The molecule has 8 aromatic carbocycles. The lowest BCUT2D eigenvalue weighted by Crippen LogP contribution is -1.91. The molecule has 0 unspecified atom stereocenters. The van der Waals surface area contributed by atoms with Crippen molar-refractivity contribution >= 4 is 65.4 Å². The normalized spacial score (nSPS) is 11.9. The van der Waals surface area contributed by atoms with Crippen LogP contribution in [0.2, 0.25) is 0 Å². The fourth-order valence-corrected chi connectivity index (χ4v) is 7.49. The molecule has 0 spiro atoms. The first-order valence-electron chi connectivity index (χ1n) is 15.7. The maximum absolute atomic E-state index is 6.79. The van der Waals surface area contributed by atoms with E-state index < -0.39 is 0 Å². The zero-order chi connectivity index (χ0) is 30.2. The first-order chi connectivity index (χ1) is 22.8. The molecular formula is C44H26O2. The summed E-state index contributed by atoms with van der Waals surface area (Å²) in [6, 6.07) is 56.0. The Morgan fingerprint density at radius 1 is 0.283 bits per heavy atom. The van der Waals surface area contributed by atoms with Crippen LogP contribution in [-0.4, -0.2) is 0 Å². The first-order valence-corrected chi connectivity index (χ1v) is 15.7. The average Bonchev–Trinajstić information content (AvgIpc) is 3.69. The van der Waals surface area contributed by atoms with Crippen molar-refractivity contribution in [2.24, 2.45) is 0 Å². The Balaban J connectivity index is 1.27. The molecule has 0 fully saturated rings. The van der Waals surface area contributed by atoms with Crippen LogP contribution in [0.4, 0.5) is 0 Å². The van der Waals surface area contributed by atoms with Gasteiger partial charge in [-0.25, -0.2) is 0 Å². The van der Waals surface area contributed by atoms with Crippen molar-refractivity contribution in [2.75, 3.05) is 0 Å². The van der Waals surface area contributed by atoms with Crippen molar-refractivity contribution in [2.45, 2.75) is 0 Å². The van der Waals surface area contributed by atoms with Gasteiger partial charge in [0.2, 0.25) is 0 Å². The maximum Gasteiger partial charge on any atom is 0.143 e. The minimum absolute atomic E-state index is 0.866. The number of fused-ring (bicyclic) bond motifs is 9. The molecule has 2 heteroatoms. The standard InChI is InChI=1S/C44H26O2/c1-2-11-27(12-3-1)28-21-23-29(24-22-28)40-30-13-4-6-15-32(30)41(33-16-7-5-14-31(33)40)35-18-10-19-36-43-39(46-44(35)36)26-25-38-42(43)34-17-8-9-20-37(34)45-38/h1-26H. The molecule has 10 aromatic rings. The summed E-state index contributed by atoms with van der Waals surface area (Å²) in [5.74, 6) is 0. The van der Waals surface area contributed by atoms with E-state index in [2.05, 4.69) is 133 Å². The summed E-state index contributed by atoms with van der Waals surface area (Å²) in [4.78, 5) is 0. The largest absolute Gasteiger partial charge is 0.456 e. The molecule has 0 bridgehead atoms. The van der Waals surface area contributed by atoms with Crippen LogP contribution in [0.15, 0.2) is 167 Å². The molecular weight excluding hydrogens is 560 g/mol. The van der Waals surface area contributed by atoms with Crippen LogP contribution >= 0.6 is 0 Å². The third-order valence-electron chi connectivity index (χ3n) is 9.48. The lowest BCUT2D eigenvalue weighted by molar-refractivity contribution is 0.663. The molecule has 0 amide bonds. The van der Waals surface area contributed by atoms with Crippen LogP contribution in [0.3, 0.4) is 0 Å². The molecule has 214 valence electrons. The highest BCUT2D eigenvalue weighted by molar-refractivity contribution is 6.29. The van der Waals surface area contributed by atoms with Crippen LogP contribution in [-0.2, 0) is 0 Å². The van der Waals surface area contributed by atoms with Crippen LogP contribution in [0.5, 0.6) is 0 Å². The number of benzene rings is 8. The summed E-state index contributed by atoms with van der Waals surface area (Å²) in [5.41, 5.74) is 10.7. The Morgan fingerprint density at radius 2 is 0.783 bits per heavy atom. The van der Waals surface area contributed by atoms with Gasteiger partial charge < -0.3 is 8.83 Å². The van der Waals surface area contributed by atoms with E-state index in [9.17, 15) is 0 Å². The van der Waals surface area contributed by atoms with Crippen LogP contribution in [0, 0.1) is 0 Å². The Bertz CT molecular complexity index is 2720. The minimum Gasteiger partial charge on any atom is -0.456 e. The van der Waals surface area contributed by atoms with Gasteiger partial charge >= 0.3 is 0 Å². The third kappa shape index (κ3) is 3.59. The van der Waals surface area contributed by atoms with Gasteiger partial charge in [-0.3, -0.25) is 0 Å². The van der Waals surface area contributed by atoms with Crippen LogP contribution in [0.1, 0.15) is 0 Å².